The fraction of sp³-hybridized carbons (Fsp3) is 0. The largest absolute Gasteiger partial charge is 0.309 e. The molecule has 0 fully saturated rings. The Labute approximate surface area is 560 Å². The molecule has 0 spiro atoms. The first kappa shape index (κ1) is 55.5. The highest BCUT2D eigenvalue weighted by Gasteiger charge is 2.28. The summed E-state index contributed by atoms with van der Waals surface area (Å²) in [6, 6.07) is 114. The predicted molar refractivity (Wildman–Crippen MR) is 398 cm³/mol. The minimum absolute atomic E-state index is 0.568. The third-order valence-electron chi connectivity index (χ3n) is 19.7. The maximum atomic E-state index is 10.5. The Hall–Kier alpha value is -14.2. The number of aromatic nitrogens is 6. The Morgan fingerprint density at radius 3 is 1.02 bits per heavy atom. The van der Waals surface area contributed by atoms with Gasteiger partial charge in [0.1, 0.15) is 6.07 Å². The van der Waals surface area contributed by atoms with Gasteiger partial charge in [-0.05, 0) is 146 Å². The van der Waals surface area contributed by atoms with Crippen LogP contribution in [0.5, 0.6) is 0 Å². The van der Waals surface area contributed by atoms with E-state index in [-0.39, 0.29) is 0 Å². The molecular weight excluding hydrogens is 1200 g/mol. The lowest BCUT2D eigenvalue weighted by Gasteiger charge is -2.11. The summed E-state index contributed by atoms with van der Waals surface area (Å²) in [5.74, 6) is 0. The van der Waals surface area contributed by atoms with Gasteiger partial charge in [0.25, 0.3) is 0 Å². The first-order chi connectivity index (χ1) is 48.5. The Kier molecular flexibility index (Phi) is 12.3. The molecule has 0 atom stereocenters. The van der Waals surface area contributed by atoms with Crippen molar-refractivity contribution in [2.75, 3.05) is 0 Å². The number of fused-ring (bicyclic) bond motifs is 22. The quantitative estimate of drug-likeness (QED) is 0.164. The summed E-state index contributed by atoms with van der Waals surface area (Å²) in [7, 11) is 0. The van der Waals surface area contributed by atoms with Crippen molar-refractivity contribution in [2.24, 2.45) is 0 Å². The first-order valence-electron chi connectivity index (χ1n) is 32.5. The van der Waals surface area contributed by atoms with E-state index in [9.17, 15) is 21.0 Å². The van der Waals surface area contributed by atoms with Crippen molar-refractivity contribution >= 4 is 131 Å². The van der Waals surface area contributed by atoms with Crippen molar-refractivity contribution < 1.29 is 0 Å². The molecule has 0 amide bonds. The summed E-state index contributed by atoms with van der Waals surface area (Å²) in [5.41, 5.74) is 21.3. The molecule has 10 nitrogen and oxygen atoms in total. The zero-order valence-electron chi connectivity index (χ0n) is 52.3. The molecule has 6 heterocycles. The molecule has 14 aromatic carbocycles. The fourth-order valence-corrected chi connectivity index (χ4v) is 15.9. The molecule has 0 N–H and O–H groups in total. The molecule has 0 aliphatic heterocycles. The second-order valence-corrected chi connectivity index (χ2v) is 24.8. The van der Waals surface area contributed by atoms with E-state index in [0.717, 1.165) is 154 Å². The minimum atomic E-state index is 0.568. The van der Waals surface area contributed by atoms with Crippen LogP contribution in [0.2, 0.25) is 0 Å². The topological polar surface area (TPSA) is 125 Å². The Morgan fingerprint density at radius 2 is 0.531 bits per heavy atom. The van der Waals surface area contributed by atoms with Crippen LogP contribution in [0.15, 0.2) is 303 Å². The third-order valence-corrected chi connectivity index (χ3v) is 19.7. The van der Waals surface area contributed by atoms with Crippen LogP contribution in [0.3, 0.4) is 0 Å². The van der Waals surface area contributed by atoms with Gasteiger partial charge in [-0.1, -0.05) is 158 Å². The molecule has 452 valence electrons. The Balaban J connectivity index is 0.000000137. The number of hydrogen-bond donors (Lipinski definition) is 0. The lowest BCUT2D eigenvalue weighted by atomic mass is 10.0. The maximum absolute atomic E-state index is 10.5. The van der Waals surface area contributed by atoms with Gasteiger partial charge in [0, 0.05) is 98.8 Å². The second kappa shape index (κ2) is 21.7. The van der Waals surface area contributed by atoms with Gasteiger partial charge in [-0.15, -0.1) is 0 Å². The molecule has 6 aromatic heterocycles. The van der Waals surface area contributed by atoms with E-state index in [1.807, 2.05) is 84.9 Å². The zero-order chi connectivity index (χ0) is 65.3. The van der Waals surface area contributed by atoms with Crippen molar-refractivity contribution in [1.82, 2.24) is 27.4 Å². The van der Waals surface area contributed by atoms with E-state index < -0.39 is 0 Å². The van der Waals surface area contributed by atoms with Crippen molar-refractivity contribution in [3.05, 3.63) is 326 Å². The van der Waals surface area contributed by atoms with Gasteiger partial charge in [-0.2, -0.15) is 21.0 Å². The average molecular weight is 1250 g/mol. The van der Waals surface area contributed by atoms with Crippen LogP contribution in [0, 0.1) is 45.3 Å². The number of nitriles is 4. The molecule has 98 heavy (non-hydrogen) atoms. The summed E-state index contributed by atoms with van der Waals surface area (Å²) in [4.78, 5) is 0. The lowest BCUT2D eigenvalue weighted by molar-refractivity contribution is 1.17. The number of rotatable bonds is 6. The smallest absolute Gasteiger partial charge is 0.101 e. The monoisotopic (exact) mass is 1250 g/mol. The van der Waals surface area contributed by atoms with Gasteiger partial charge >= 0.3 is 0 Å². The van der Waals surface area contributed by atoms with Gasteiger partial charge in [-0.3, -0.25) is 0 Å². The normalized spacial score (nSPS) is 11.6. The number of hydrogen-bond acceptors (Lipinski definition) is 4. The molecule has 0 saturated carbocycles. The number of benzene rings is 14. The molecule has 0 radical (unpaired) electrons. The fourth-order valence-electron chi connectivity index (χ4n) is 15.9. The van der Waals surface area contributed by atoms with Crippen LogP contribution in [-0.4, -0.2) is 27.4 Å². The van der Waals surface area contributed by atoms with Crippen molar-refractivity contribution in [1.29, 1.82) is 21.0 Å². The highest BCUT2D eigenvalue weighted by Crippen LogP contribution is 2.49. The Bertz CT molecular complexity index is 6930. The molecule has 20 aromatic rings. The van der Waals surface area contributed by atoms with Crippen LogP contribution >= 0.6 is 0 Å². The summed E-state index contributed by atoms with van der Waals surface area (Å²) in [6.45, 7) is 0. The highest BCUT2D eigenvalue weighted by atomic mass is 15.1. The number of para-hydroxylation sites is 7. The van der Waals surface area contributed by atoms with Gasteiger partial charge in [0.05, 0.1) is 107 Å². The SMILES string of the molecule is N#Cc1ccc(-n2c3ccccc3c3c2ccc2c4ccc5c(c6c(C#N)cccc6n5-c5ccccc5)c4n(-c4ccccc4)c23)cc1.N#Cc1cccc(-n2c3ccc4c5ccc6c(c7ccccc7n6-c6ccccc6)c5n(-c5ccccc5)c4c3c3cccc(C#N)c32)c1. The minimum Gasteiger partial charge on any atom is -0.309 e. The highest BCUT2D eigenvalue weighted by molar-refractivity contribution is 6.34. The van der Waals surface area contributed by atoms with Crippen LogP contribution in [-0.2, 0) is 0 Å². The lowest BCUT2D eigenvalue weighted by Crippen LogP contribution is -1.97. The maximum Gasteiger partial charge on any atom is 0.101 e. The van der Waals surface area contributed by atoms with Gasteiger partial charge in [-0.25, -0.2) is 0 Å². The second-order valence-electron chi connectivity index (χ2n) is 24.8. The van der Waals surface area contributed by atoms with Crippen LogP contribution in [0.1, 0.15) is 22.3 Å². The van der Waals surface area contributed by atoms with Crippen LogP contribution in [0.4, 0.5) is 0 Å². The standard InChI is InChI=1S/2C44H25N5/c45-26-28-11-9-17-32(25-28)48-39-24-22-34-33-21-23-38-40(35-18-7-8-20-37(35)47(38)30-13-3-1-4-14-30)43(33)49(31-15-5-2-6-16-31)44(34)41(39)36-19-10-12-29(27-46)42(36)48;45-26-28-18-20-32(21-19-28)47-36-16-8-7-15-35(36)41-38(47)24-22-33-34-23-25-39-42(44(34)49(43(33)41)31-13-5-2-6-14-31)40-29(27-46)10-9-17-37(40)48(39)30-11-3-1-4-12-30/h2*1-25H. The van der Waals surface area contributed by atoms with E-state index >= 15 is 0 Å². The summed E-state index contributed by atoms with van der Waals surface area (Å²) < 4.78 is 13.9. The molecule has 0 aliphatic rings. The zero-order valence-corrected chi connectivity index (χ0v) is 52.3. The van der Waals surface area contributed by atoms with E-state index in [1.54, 1.807) is 0 Å². The van der Waals surface area contributed by atoms with Crippen molar-refractivity contribution in [3.63, 3.8) is 0 Å². The van der Waals surface area contributed by atoms with E-state index in [2.05, 4.69) is 270 Å². The van der Waals surface area contributed by atoms with Crippen molar-refractivity contribution in [2.45, 2.75) is 0 Å². The van der Waals surface area contributed by atoms with Gasteiger partial charge in [0.15, 0.2) is 0 Å². The molecule has 10 heteroatoms. The first-order valence-corrected chi connectivity index (χ1v) is 32.5. The van der Waals surface area contributed by atoms with E-state index in [0.29, 0.717) is 22.3 Å². The Morgan fingerprint density at radius 1 is 0.184 bits per heavy atom. The van der Waals surface area contributed by atoms with Gasteiger partial charge in [0.2, 0.25) is 0 Å². The third kappa shape index (κ3) is 7.92. The van der Waals surface area contributed by atoms with Crippen molar-refractivity contribution in [3.8, 4) is 58.4 Å². The van der Waals surface area contributed by atoms with E-state index in [1.165, 1.54) is 10.8 Å². The molecule has 0 bridgehead atoms. The summed E-state index contributed by atoms with van der Waals surface area (Å²) in [6.07, 6.45) is 0. The number of nitrogens with zero attached hydrogens (tertiary/aromatic N) is 10. The van der Waals surface area contributed by atoms with Crippen LogP contribution < -0.4 is 0 Å². The van der Waals surface area contributed by atoms with E-state index in [4.69, 9.17) is 0 Å². The summed E-state index contributed by atoms with van der Waals surface area (Å²) >= 11 is 0. The van der Waals surface area contributed by atoms with Crippen LogP contribution in [0.25, 0.3) is 165 Å². The molecular formula is C88H50N10. The molecule has 20 rings (SSSR count). The predicted octanol–water partition coefficient (Wildman–Crippen LogP) is 21.4. The molecule has 0 aliphatic carbocycles. The van der Waals surface area contributed by atoms with Gasteiger partial charge < -0.3 is 27.4 Å². The molecule has 0 saturated heterocycles. The average Bonchev–Trinajstić information content (AvgIpc) is 1.53. The molecule has 0 unspecified atom stereocenters. The summed E-state index contributed by atoms with van der Waals surface area (Å²) in [5, 5.41) is 53.5.